The highest BCUT2D eigenvalue weighted by Crippen LogP contribution is 2.33. The summed E-state index contributed by atoms with van der Waals surface area (Å²) in [4.78, 5) is 54.5. The number of nitrogens with zero attached hydrogens (tertiary/aromatic N) is 3. The largest absolute Gasteiger partial charge is 0.442 e. The van der Waals surface area contributed by atoms with E-state index in [9.17, 15) is 33.1 Å². The van der Waals surface area contributed by atoms with Gasteiger partial charge in [-0.25, -0.2) is 22.8 Å². The molecule has 5 unspecified atom stereocenters. The Morgan fingerprint density at radius 1 is 1.16 bits per heavy atom. The Morgan fingerprint density at radius 3 is 2.57 bits per heavy atom. The molecule has 4 heterocycles. The second-order valence-corrected chi connectivity index (χ2v) is 12.8. The summed E-state index contributed by atoms with van der Waals surface area (Å²) in [5.41, 5.74) is 0.310. The maximum atomic E-state index is 15.1. The normalized spacial score (nSPS) is 23.1. The van der Waals surface area contributed by atoms with Crippen molar-refractivity contribution in [3.05, 3.63) is 66.4 Å². The van der Waals surface area contributed by atoms with E-state index in [0.29, 0.717) is 38.3 Å². The first kappa shape index (κ1) is 37.6. The van der Waals surface area contributed by atoms with Gasteiger partial charge in [-0.1, -0.05) is 6.08 Å². The lowest BCUT2D eigenvalue weighted by atomic mass is 9.87. The number of alkyl carbamates (subject to hydrolysis) is 1. The molecule has 1 aromatic rings. The van der Waals surface area contributed by atoms with E-state index in [2.05, 4.69) is 27.8 Å². The molecule has 2 fully saturated rings. The van der Waals surface area contributed by atoms with Crippen LogP contribution in [-0.2, 0) is 19.1 Å². The van der Waals surface area contributed by atoms with Crippen molar-refractivity contribution in [2.45, 2.75) is 37.3 Å². The average Bonchev–Trinajstić information content (AvgIpc) is 3.82. The van der Waals surface area contributed by atoms with E-state index in [4.69, 9.17) is 9.47 Å². The summed E-state index contributed by atoms with van der Waals surface area (Å²) < 4.78 is 55.2. The lowest BCUT2D eigenvalue weighted by Crippen LogP contribution is -2.62. The van der Waals surface area contributed by atoms with Gasteiger partial charge in [0, 0.05) is 82.3 Å². The molecule has 0 bridgehead atoms. The fraction of sp³-hybridized carbons (Fsp3) is 0.529. The summed E-state index contributed by atoms with van der Waals surface area (Å²) in [6.45, 7) is 4.30. The summed E-state index contributed by atoms with van der Waals surface area (Å²) in [7, 11) is 0. The van der Waals surface area contributed by atoms with E-state index >= 15 is 4.39 Å². The number of amides is 5. The highest BCUT2D eigenvalue weighted by Gasteiger charge is 2.44. The molecule has 1 aromatic carbocycles. The molecule has 14 nitrogen and oxygen atoms in total. The molecular formula is C34H44F3N7O7. The molecule has 5 atom stereocenters. The van der Waals surface area contributed by atoms with Gasteiger partial charge in [-0.05, 0) is 37.0 Å². The van der Waals surface area contributed by atoms with Gasteiger partial charge in [0.15, 0.2) is 0 Å². The lowest BCUT2D eigenvalue weighted by molar-refractivity contribution is -0.136. The van der Waals surface area contributed by atoms with Crippen LogP contribution in [0.1, 0.15) is 18.4 Å². The molecule has 2 saturated heterocycles. The van der Waals surface area contributed by atoms with Gasteiger partial charge < -0.3 is 45.6 Å². The first-order valence-electron chi connectivity index (χ1n) is 17.0. The van der Waals surface area contributed by atoms with Crippen molar-refractivity contribution in [3.8, 4) is 0 Å². The Balaban J connectivity index is 1.33. The minimum atomic E-state index is -1.23. The lowest BCUT2D eigenvalue weighted by Gasteiger charge is -2.45. The molecule has 278 valence electrons. The van der Waals surface area contributed by atoms with Crippen molar-refractivity contribution in [1.29, 1.82) is 0 Å². The van der Waals surface area contributed by atoms with E-state index in [1.54, 1.807) is 17.2 Å². The van der Waals surface area contributed by atoms with Crippen LogP contribution in [-0.4, -0.2) is 134 Å². The quantitative estimate of drug-likeness (QED) is 0.131. The Labute approximate surface area is 293 Å². The molecule has 51 heavy (non-hydrogen) atoms. The molecule has 0 aliphatic carbocycles. The minimum Gasteiger partial charge on any atom is -0.442 e. The number of halogens is 3. The van der Waals surface area contributed by atoms with Gasteiger partial charge in [-0.3, -0.25) is 14.5 Å². The van der Waals surface area contributed by atoms with Gasteiger partial charge in [0.1, 0.15) is 30.1 Å². The van der Waals surface area contributed by atoms with Gasteiger partial charge in [-0.2, -0.15) is 0 Å². The van der Waals surface area contributed by atoms with Gasteiger partial charge >= 0.3 is 12.1 Å². The summed E-state index contributed by atoms with van der Waals surface area (Å²) >= 11 is 0. The number of urea groups is 1. The van der Waals surface area contributed by atoms with Crippen LogP contribution < -0.4 is 21.3 Å². The van der Waals surface area contributed by atoms with Gasteiger partial charge in [-0.15, -0.1) is 6.58 Å². The van der Waals surface area contributed by atoms with Gasteiger partial charge in [0.25, 0.3) is 11.8 Å². The fourth-order valence-corrected chi connectivity index (χ4v) is 6.75. The van der Waals surface area contributed by atoms with E-state index < -0.39 is 72.6 Å². The molecule has 5 rings (SSSR count). The molecule has 4 aliphatic rings. The first-order chi connectivity index (χ1) is 24.6. The highest BCUT2D eigenvalue weighted by atomic mass is 19.1. The standard InChI is InChI=1S/C34H44F3N7O7/c1-2-10-42-19-28(25-14-23(35)3-4-26(25)36)41-32(42)31(21-7-12-50-13-8-21)44(18-22-15-38-17-27(22)37)33(48)40-16-24(20-45)51-34(49)39-9-11-43-29(46)5-6-30(43)47/h2-6,14,19,21-22,24,27,31-32,38,41,45H,1,7-13,15-18,20H2,(H,39,49)(H,40,48). The van der Waals surface area contributed by atoms with Gasteiger partial charge in [0.2, 0.25) is 0 Å². The third kappa shape index (κ3) is 9.39. The van der Waals surface area contributed by atoms with E-state index in [1.807, 2.05) is 4.90 Å². The minimum absolute atomic E-state index is 0.000273. The van der Waals surface area contributed by atoms with Crippen LogP contribution in [0.15, 0.2) is 49.2 Å². The SMILES string of the molecule is C=CCN1C=C(c2cc(F)ccc2F)NC1C(C1CCOCC1)N(CC1CNCC1F)C(=O)NCC(CO)OC(=O)NCCN1C(=O)C=CC1=O. The zero-order valence-corrected chi connectivity index (χ0v) is 28.1. The molecular weight excluding hydrogens is 675 g/mol. The highest BCUT2D eigenvalue weighted by molar-refractivity contribution is 6.12. The van der Waals surface area contributed by atoms with Crippen molar-refractivity contribution < 1.29 is 46.9 Å². The van der Waals surface area contributed by atoms with Crippen molar-refractivity contribution in [2.24, 2.45) is 11.8 Å². The monoisotopic (exact) mass is 719 g/mol. The Hall–Kier alpha value is -4.61. The fourth-order valence-electron chi connectivity index (χ4n) is 6.75. The summed E-state index contributed by atoms with van der Waals surface area (Å²) in [5, 5.41) is 21.5. The van der Waals surface area contributed by atoms with Crippen LogP contribution in [0, 0.1) is 23.5 Å². The summed E-state index contributed by atoms with van der Waals surface area (Å²) in [6, 6.07) is 1.89. The van der Waals surface area contributed by atoms with E-state index in [0.717, 1.165) is 35.3 Å². The maximum absolute atomic E-state index is 15.1. The number of rotatable bonds is 15. The Bertz CT molecular complexity index is 1490. The summed E-state index contributed by atoms with van der Waals surface area (Å²) in [6.07, 6.45) is 2.65. The number of nitrogens with one attached hydrogen (secondary N) is 4. The van der Waals surface area contributed by atoms with Crippen LogP contribution in [0.2, 0.25) is 0 Å². The van der Waals surface area contributed by atoms with E-state index in [-0.39, 0.29) is 50.7 Å². The predicted molar refractivity (Wildman–Crippen MR) is 178 cm³/mol. The van der Waals surface area contributed by atoms with Crippen molar-refractivity contribution >= 4 is 29.6 Å². The molecule has 5 N–H and O–H groups in total. The van der Waals surface area contributed by atoms with Crippen molar-refractivity contribution in [2.75, 3.05) is 65.6 Å². The smallest absolute Gasteiger partial charge is 0.407 e. The molecule has 0 radical (unpaired) electrons. The number of benzene rings is 1. The number of carbonyl (C=O) groups is 4. The second-order valence-electron chi connectivity index (χ2n) is 12.8. The molecule has 4 aliphatic heterocycles. The number of alkyl halides is 1. The number of hydrogen-bond donors (Lipinski definition) is 5. The first-order valence-corrected chi connectivity index (χ1v) is 17.0. The van der Waals surface area contributed by atoms with Crippen molar-refractivity contribution in [1.82, 2.24) is 36.0 Å². The maximum Gasteiger partial charge on any atom is 0.407 e. The number of aliphatic hydroxyl groups is 1. The van der Waals surface area contributed by atoms with Gasteiger partial charge in [0.05, 0.1) is 24.9 Å². The average molecular weight is 720 g/mol. The molecule has 0 saturated carbocycles. The summed E-state index contributed by atoms with van der Waals surface area (Å²) in [5.74, 6) is -2.99. The Kier molecular flexibility index (Phi) is 13.0. The van der Waals surface area contributed by atoms with E-state index in [1.165, 1.54) is 0 Å². The third-order valence-electron chi connectivity index (χ3n) is 9.36. The molecule has 5 amide bonds. The molecule has 0 aromatic heterocycles. The van der Waals surface area contributed by atoms with Crippen LogP contribution >= 0.6 is 0 Å². The number of carbonyl (C=O) groups excluding carboxylic acids is 4. The van der Waals surface area contributed by atoms with Crippen LogP contribution in [0.4, 0.5) is 22.8 Å². The number of aliphatic hydroxyl groups excluding tert-OH is 1. The third-order valence-corrected chi connectivity index (χ3v) is 9.36. The number of imide groups is 1. The second kappa shape index (κ2) is 17.5. The molecule has 0 spiro atoms. The Morgan fingerprint density at radius 2 is 1.90 bits per heavy atom. The predicted octanol–water partition coefficient (Wildman–Crippen LogP) is 1.06. The zero-order chi connectivity index (χ0) is 36.5. The van der Waals surface area contributed by atoms with Crippen molar-refractivity contribution in [3.63, 3.8) is 0 Å². The van der Waals surface area contributed by atoms with Crippen LogP contribution in [0.25, 0.3) is 5.70 Å². The topological polar surface area (TPSA) is 165 Å². The zero-order valence-electron chi connectivity index (χ0n) is 28.1. The van der Waals surface area contributed by atoms with Crippen LogP contribution in [0.5, 0.6) is 0 Å². The number of ether oxygens (including phenoxy) is 2. The van der Waals surface area contributed by atoms with Crippen LogP contribution in [0.3, 0.4) is 0 Å². The number of hydrogen-bond acceptors (Lipinski definition) is 10. The molecule has 17 heteroatoms.